The van der Waals surface area contributed by atoms with E-state index >= 15 is 0 Å². The van der Waals surface area contributed by atoms with E-state index in [0.29, 0.717) is 19.5 Å². The van der Waals surface area contributed by atoms with Crippen molar-refractivity contribution >= 4 is 33.5 Å². The van der Waals surface area contributed by atoms with Gasteiger partial charge in [0.2, 0.25) is 5.91 Å². The van der Waals surface area contributed by atoms with Gasteiger partial charge in [-0.05, 0) is 57.5 Å². The van der Waals surface area contributed by atoms with Crippen LogP contribution in [0.1, 0.15) is 31.2 Å². The van der Waals surface area contributed by atoms with Gasteiger partial charge in [0.15, 0.2) is 5.96 Å². The summed E-state index contributed by atoms with van der Waals surface area (Å²) in [5.41, 5.74) is 3.00. The van der Waals surface area contributed by atoms with Crippen molar-refractivity contribution in [1.29, 1.82) is 0 Å². The molecule has 1 heterocycles. The number of carbonyl (C=O) groups is 1. The first-order chi connectivity index (χ1) is 13.5. The number of guanidine groups is 1. The third-order valence-corrected chi connectivity index (χ3v) is 4.55. The van der Waals surface area contributed by atoms with Gasteiger partial charge in [-0.3, -0.25) is 14.5 Å². The Labute approximate surface area is 175 Å². The monoisotopic (exact) mass is 448 g/mol. The molecule has 1 amide bonds. The van der Waals surface area contributed by atoms with Crippen LogP contribution >= 0.6 is 15.9 Å². The maximum atomic E-state index is 12.1. The normalized spacial score (nSPS) is 11.4. The second-order valence-corrected chi connectivity index (χ2v) is 7.41. The molecule has 2 aromatic rings. The van der Waals surface area contributed by atoms with Crippen molar-refractivity contribution in [3.8, 4) is 0 Å². The van der Waals surface area contributed by atoms with Crippen molar-refractivity contribution in [3.05, 3.63) is 46.2 Å². The number of anilines is 1. The zero-order valence-electron chi connectivity index (χ0n) is 16.8. The molecule has 0 fully saturated rings. The number of rotatable bonds is 9. The molecule has 0 spiro atoms. The highest BCUT2D eigenvalue weighted by Gasteiger charge is 2.04. The largest absolute Gasteiger partial charge is 0.357 e. The summed E-state index contributed by atoms with van der Waals surface area (Å²) in [6.07, 6.45) is 1.27. The number of hydrogen-bond donors (Lipinski definition) is 3. The zero-order chi connectivity index (χ0) is 20.4. The number of nitrogens with zero attached hydrogens (tertiary/aromatic N) is 3. The van der Waals surface area contributed by atoms with Gasteiger partial charge >= 0.3 is 0 Å². The van der Waals surface area contributed by atoms with Crippen molar-refractivity contribution in [2.75, 3.05) is 25.0 Å². The average Bonchev–Trinajstić information content (AvgIpc) is 2.98. The van der Waals surface area contributed by atoms with Gasteiger partial charge in [0, 0.05) is 48.5 Å². The van der Waals surface area contributed by atoms with Gasteiger partial charge in [0.1, 0.15) is 0 Å². The van der Waals surface area contributed by atoms with Crippen LogP contribution in [0.2, 0.25) is 0 Å². The van der Waals surface area contributed by atoms with Crippen LogP contribution in [0.25, 0.3) is 0 Å². The Balaban J connectivity index is 1.72. The first-order valence-corrected chi connectivity index (χ1v) is 10.4. The fraction of sp³-hybridized carbons (Fsp3) is 0.450. The van der Waals surface area contributed by atoms with Crippen LogP contribution in [-0.2, 0) is 11.3 Å². The highest BCUT2D eigenvalue weighted by Crippen LogP contribution is 2.14. The average molecular weight is 449 g/mol. The van der Waals surface area contributed by atoms with Gasteiger partial charge < -0.3 is 16.0 Å². The molecule has 28 heavy (non-hydrogen) atoms. The first kappa shape index (κ1) is 21.9. The molecule has 2 rings (SSSR count). The Morgan fingerprint density at radius 3 is 2.61 bits per heavy atom. The predicted octanol–water partition coefficient (Wildman–Crippen LogP) is 3.24. The van der Waals surface area contributed by atoms with Crippen LogP contribution in [0.4, 0.5) is 5.69 Å². The fourth-order valence-corrected chi connectivity index (χ4v) is 2.97. The van der Waals surface area contributed by atoms with Gasteiger partial charge in [-0.1, -0.05) is 15.9 Å². The van der Waals surface area contributed by atoms with E-state index in [1.807, 2.05) is 42.8 Å². The topological polar surface area (TPSA) is 83.3 Å². The number of benzene rings is 1. The lowest BCUT2D eigenvalue weighted by Gasteiger charge is -2.11. The molecule has 1 aromatic carbocycles. The summed E-state index contributed by atoms with van der Waals surface area (Å²) in [4.78, 5) is 16.6. The minimum Gasteiger partial charge on any atom is -0.357 e. The second kappa shape index (κ2) is 11.5. The maximum Gasteiger partial charge on any atom is 0.226 e. The second-order valence-electron chi connectivity index (χ2n) is 6.50. The molecular weight excluding hydrogens is 420 g/mol. The van der Waals surface area contributed by atoms with E-state index in [9.17, 15) is 4.79 Å². The number of aliphatic imine (C=N–C) groups is 1. The lowest BCUT2D eigenvalue weighted by molar-refractivity contribution is -0.116. The molecule has 0 unspecified atom stereocenters. The molecule has 0 aliphatic rings. The molecule has 0 aliphatic heterocycles. The fourth-order valence-electron chi connectivity index (χ4n) is 2.71. The van der Waals surface area contributed by atoms with Crippen LogP contribution in [0, 0.1) is 13.8 Å². The van der Waals surface area contributed by atoms with E-state index in [1.54, 1.807) is 0 Å². The molecule has 3 N–H and O–H groups in total. The predicted molar refractivity (Wildman–Crippen MR) is 118 cm³/mol. The molecule has 8 heteroatoms. The van der Waals surface area contributed by atoms with Crippen molar-refractivity contribution in [2.24, 2.45) is 4.99 Å². The van der Waals surface area contributed by atoms with Crippen molar-refractivity contribution in [2.45, 2.75) is 40.2 Å². The summed E-state index contributed by atoms with van der Waals surface area (Å²) in [5, 5.41) is 13.8. The Bertz CT molecular complexity index is 784. The van der Waals surface area contributed by atoms with E-state index in [4.69, 9.17) is 0 Å². The number of aryl methyl sites for hydroxylation is 3. The van der Waals surface area contributed by atoms with E-state index in [0.717, 1.165) is 41.3 Å². The van der Waals surface area contributed by atoms with Crippen molar-refractivity contribution in [1.82, 2.24) is 20.4 Å². The third-order valence-electron chi connectivity index (χ3n) is 4.02. The number of aromatic nitrogens is 2. The summed E-state index contributed by atoms with van der Waals surface area (Å²) in [6, 6.07) is 9.60. The van der Waals surface area contributed by atoms with E-state index in [1.165, 1.54) is 5.69 Å². The molecule has 7 nitrogen and oxygen atoms in total. The van der Waals surface area contributed by atoms with Gasteiger partial charge in [0.25, 0.3) is 0 Å². The van der Waals surface area contributed by atoms with Crippen LogP contribution in [0.3, 0.4) is 0 Å². The molecule has 0 radical (unpaired) electrons. The highest BCUT2D eigenvalue weighted by molar-refractivity contribution is 9.10. The molecule has 0 aliphatic carbocycles. The standard InChI is InChI=1S/C20H29BrN6O/c1-4-22-20(23-11-5-13-27-16(3)14-15(2)26-27)24-12-10-19(28)25-18-8-6-17(21)7-9-18/h6-9,14H,4-5,10-13H2,1-3H3,(H,25,28)(H2,22,23,24). The van der Waals surface area contributed by atoms with Crippen LogP contribution < -0.4 is 16.0 Å². The smallest absolute Gasteiger partial charge is 0.226 e. The zero-order valence-corrected chi connectivity index (χ0v) is 18.3. The summed E-state index contributed by atoms with van der Waals surface area (Å²) >= 11 is 3.38. The minimum atomic E-state index is -0.0322. The quantitative estimate of drug-likeness (QED) is 0.312. The Kier molecular flexibility index (Phi) is 9.00. The molecule has 0 bridgehead atoms. The number of amides is 1. The van der Waals surface area contributed by atoms with Gasteiger partial charge in [0.05, 0.1) is 5.69 Å². The lowest BCUT2D eigenvalue weighted by atomic mass is 10.3. The molecule has 152 valence electrons. The van der Waals surface area contributed by atoms with Crippen molar-refractivity contribution in [3.63, 3.8) is 0 Å². The summed E-state index contributed by atoms with van der Waals surface area (Å²) in [6.45, 7) is 8.92. The summed E-state index contributed by atoms with van der Waals surface area (Å²) < 4.78 is 2.99. The lowest BCUT2D eigenvalue weighted by Crippen LogP contribution is -2.38. The third kappa shape index (κ3) is 7.72. The molecule has 0 saturated heterocycles. The van der Waals surface area contributed by atoms with Crippen LogP contribution in [0.15, 0.2) is 39.8 Å². The number of nitrogens with one attached hydrogen (secondary N) is 3. The van der Waals surface area contributed by atoms with E-state index < -0.39 is 0 Å². The Morgan fingerprint density at radius 1 is 1.21 bits per heavy atom. The molecule has 0 atom stereocenters. The Morgan fingerprint density at radius 2 is 1.96 bits per heavy atom. The van der Waals surface area contributed by atoms with Crippen LogP contribution in [0.5, 0.6) is 0 Å². The van der Waals surface area contributed by atoms with E-state index in [2.05, 4.69) is 55.0 Å². The summed E-state index contributed by atoms with van der Waals surface area (Å²) in [7, 11) is 0. The van der Waals surface area contributed by atoms with Gasteiger partial charge in [-0.15, -0.1) is 0 Å². The minimum absolute atomic E-state index is 0.0322. The molecular formula is C20H29BrN6O. The van der Waals surface area contributed by atoms with E-state index in [-0.39, 0.29) is 5.91 Å². The van der Waals surface area contributed by atoms with Crippen molar-refractivity contribution < 1.29 is 4.79 Å². The maximum absolute atomic E-state index is 12.1. The number of halogens is 1. The molecule has 1 aromatic heterocycles. The first-order valence-electron chi connectivity index (χ1n) is 9.56. The van der Waals surface area contributed by atoms with Crippen LogP contribution in [-0.4, -0.2) is 41.3 Å². The van der Waals surface area contributed by atoms with Gasteiger partial charge in [-0.2, -0.15) is 5.10 Å². The molecule has 0 saturated carbocycles. The Hall–Kier alpha value is -2.35. The summed E-state index contributed by atoms with van der Waals surface area (Å²) in [5.74, 6) is 0.697. The SMILES string of the molecule is CCNC(=NCCCn1nc(C)cc1C)NCCC(=O)Nc1ccc(Br)cc1. The number of hydrogen-bond acceptors (Lipinski definition) is 3. The van der Waals surface area contributed by atoms with Gasteiger partial charge in [-0.25, -0.2) is 0 Å². The highest BCUT2D eigenvalue weighted by atomic mass is 79.9. The number of carbonyl (C=O) groups excluding carboxylic acids is 1.